The van der Waals surface area contributed by atoms with Gasteiger partial charge in [0.25, 0.3) is 0 Å². The Balaban J connectivity index is 2.98. The molecule has 0 atom stereocenters. The molecule has 0 amide bonds. The van der Waals surface area contributed by atoms with Gasteiger partial charge in [-0.2, -0.15) is 12.7 Å². The molecule has 0 unspecified atom stereocenters. The summed E-state index contributed by atoms with van der Waals surface area (Å²) in [6, 6.07) is 8.85. The van der Waals surface area contributed by atoms with E-state index in [1.54, 1.807) is 24.3 Å². The molecule has 0 spiro atoms. The summed E-state index contributed by atoms with van der Waals surface area (Å²) in [6.07, 6.45) is 1.39. The first kappa shape index (κ1) is 17.5. The SMILES string of the molecule is CCCCN(c1ccccc1)S(=O)(=O)N(C)CCC(=O)O. The van der Waals surface area contributed by atoms with Crippen molar-refractivity contribution in [3.05, 3.63) is 30.3 Å². The van der Waals surface area contributed by atoms with Crippen LogP contribution in [0.5, 0.6) is 0 Å². The van der Waals surface area contributed by atoms with Crippen molar-refractivity contribution in [2.75, 3.05) is 24.4 Å². The molecule has 0 fully saturated rings. The molecule has 0 aromatic heterocycles. The van der Waals surface area contributed by atoms with E-state index in [1.165, 1.54) is 11.4 Å². The second-order valence-electron chi connectivity index (χ2n) is 4.73. The first-order valence-corrected chi connectivity index (χ1v) is 8.30. The number of unbranched alkanes of at least 4 members (excludes halogenated alkanes) is 1. The Morgan fingerprint density at radius 3 is 2.33 bits per heavy atom. The van der Waals surface area contributed by atoms with Crippen molar-refractivity contribution in [2.45, 2.75) is 26.2 Å². The summed E-state index contributed by atoms with van der Waals surface area (Å²) in [5, 5.41) is 8.69. The Hall–Kier alpha value is -1.60. The second-order valence-corrected chi connectivity index (χ2v) is 6.69. The van der Waals surface area contributed by atoms with Crippen LogP contribution in [-0.4, -0.2) is 43.9 Å². The Morgan fingerprint density at radius 1 is 1.19 bits per heavy atom. The summed E-state index contributed by atoms with van der Waals surface area (Å²) in [7, 11) is -2.32. The monoisotopic (exact) mass is 314 g/mol. The number of carboxylic acids is 1. The predicted octanol–water partition coefficient (Wildman–Crippen LogP) is 1.94. The lowest BCUT2D eigenvalue weighted by Crippen LogP contribution is -2.43. The highest BCUT2D eigenvalue weighted by atomic mass is 32.2. The minimum atomic E-state index is -3.72. The summed E-state index contributed by atoms with van der Waals surface area (Å²) < 4.78 is 27.6. The minimum absolute atomic E-state index is 0.0485. The highest BCUT2D eigenvalue weighted by Gasteiger charge is 2.27. The third-order valence-electron chi connectivity index (χ3n) is 3.07. The van der Waals surface area contributed by atoms with E-state index in [9.17, 15) is 13.2 Å². The molecule has 0 saturated heterocycles. The number of hydrogen-bond acceptors (Lipinski definition) is 3. The van der Waals surface area contributed by atoms with Gasteiger partial charge in [-0.15, -0.1) is 0 Å². The molecule has 0 radical (unpaired) electrons. The van der Waals surface area contributed by atoms with E-state index in [0.717, 1.165) is 17.1 Å². The number of nitrogens with zero attached hydrogens (tertiary/aromatic N) is 2. The maximum atomic E-state index is 12.6. The third kappa shape index (κ3) is 5.02. The van der Waals surface area contributed by atoms with Crippen LogP contribution in [0.3, 0.4) is 0 Å². The summed E-state index contributed by atoms with van der Waals surface area (Å²) in [4.78, 5) is 10.6. The molecule has 1 aromatic rings. The molecule has 0 bridgehead atoms. The summed E-state index contributed by atoms with van der Waals surface area (Å²) in [6.45, 7) is 2.32. The van der Waals surface area contributed by atoms with Crippen molar-refractivity contribution in [3.63, 3.8) is 0 Å². The average Bonchev–Trinajstić information content (AvgIpc) is 2.46. The molecule has 6 nitrogen and oxygen atoms in total. The van der Waals surface area contributed by atoms with Crippen molar-refractivity contribution in [3.8, 4) is 0 Å². The molecule has 1 aromatic carbocycles. The number of rotatable bonds is 9. The van der Waals surface area contributed by atoms with Gasteiger partial charge in [0, 0.05) is 20.1 Å². The highest BCUT2D eigenvalue weighted by Crippen LogP contribution is 2.20. The van der Waals surface area contributed by atoms with Crippen LogP contribution in [0, 0.1) is 0 Å². The molecule has 0 heterocycles. The summed E-state index contributed by atoms with van der Waals surface area (Å²) >= 11 is 0. The standard InChI is InChI=1S/C14H22N2O4S/c1-3-4-11-16(13-8-6-5-7-9-13)21(19,20)15(2)12-10-14(17)18/h5-9H,3-4,10-12H2,1-2H3,(H,17,18). The van der Waals surface area contributed by atoms with Gasteiger partial charge in [0.2, 0.25) is 0 Å². The normalized spacial score (nSPS) is 11.6. The van der Waals surface area contributed by atoms with Crippen molar-refractivity contribution >= 4 is 21.9 Å². The van der Waals surface area contributed by atoms with E-state index in [0.29, 0.717) is 12.2 Å². The van der Waals surface area contributed by atoms with Gasteiger partial charge in [-0.25, -0.2) is 0 Å². The number of benzene rings is 1. The maximum absolute atomic E-state index is 12.6. The minimum Gasteiger partial charge on any atom is -0.481 e. The third-order valence-corrected chi connectivity index (χ3v) is 4.99. The molecule has 0 aliphatic heterocycles. The summed E-state index contributed by atoms with van der Waals surface area (Å²) in [5.74, 6) is -1.02. The quantitative estimate of drug-likeness (QED) is 0.755. The van der Waals surface area contributed by atoms with Gasteiger partial charge < -0.3 is 5.11 Å². The van der Waals surface area contributed by atoms with Gasteiger partial charge in [0.15, 0.2) is 0 Å². The Labute approximate surface area is 126 Å². The number of para-hydroxylation sites is 1. The number of aliphatic carboxylic acids is 1. The van der Waals surface area contributed by atoms with Crippen LogP contribution < -0.4 is 4.31 Å². The zero-order chi connectivity index (χ0) is 15.9. The first-order valence-electron chi connectivity index (χ1n) is 6.90. The van der Waals surface area contributed by atoms with Crippen LogP contribution in [0.2, 0.25) is 0 Å². The number of carbonyl (C=O) groups is 1. The lowest BCUT2D eigenvalue weighted by atomic mass is 10.3. The molecule has 7 heteroatoms. The largest absolute Gasteiger partial charge is 0.481 e. The maximum Gasteiger partial charge on any atom is 0.304 e. The molecule has 1 N–H and O–H groups in total. The van der Waals surface area contributed by atoms with E-state index < -0.39 is 16.2 Å². The molecular formula is C14H22N2O4S. The first-order chi connectivity index (χ1) is 9.89. The molecule has 0 saturated carbocycles. The molecular weight excluding hydrogens is 292 g/mol. The number of hydrogen-bond donors (Lipinski definition) is 1. The van der Waals surface area contributed by atoms with E-state index in [2.05, 4.69) is 0 Å². The van der Waals surface area contributed by atoms with Crippen molar-refractivity contribution in [1.82, 2.24) is 4.31 Å². The van der Waals surface area contributed by atoms with Gasteiger partial charge in [0.05, 0.1) is 12.1 Å². The number of carboxylic acid groups (broad SMARTS) is 1. The van der Waals surface area contributed by atoms with Gasteiger partial charge in [-0.1, -0.05) is 31.5 Å². The highest BCUT2D eigenvalue weighted by molar-refractivity contribution is 7.90. The van der Waals surface area contributed by atoms with Gasteiger partial charge in [-0.3, -0.25) is 9.10 Å². The van der Waals surface area contributed by atoms with E-state index in [4.69, 9.17) is 5.11 Å². The lowest BCUT2D eigenvalue weighted by molar-refractivity contribution is -0.137. The molecule has 0 aliphatic rings. The predicted molar refractivity (Wildman–Crippen MR) is 82.5 cm³/mol. The smallest absolute Gasteiger partial charge is 0.304 e. The molecule has 118 valence electrons. The van der Waals surface area contributed by atoms with Crippen LogP contribution in [0.1, 0.15) is 26.2 Å². The Bertz CT molecular complexity index is 545. The fourth-order valence-electron chi connectivity index (χ4n) is 1.81. The van der Waals surface area contributed by atoms with Crippen molar-refractivity contribution in [1.29, 1.82) is 0 Å². The van der Waals surface area contributed by atoms with E-state index in [-0.39, 0.29) is 13.0 Å². The zero-order valence-electron chi connectivity index (χ0n) is 12.4. The zero-order valence-corrected chi connectivity index (χ0v) is 13.2. The fraction of sp³-hybridized carbons (Fsp3) is 0.500. The average molecular weight is 314 g/mol. The van der Waals surface area contributed by atoms with Crippen LogP contribution >= 0.6 is 0 Å². The van der Waals surface area contributed by atoms with Crippen molar-refractivity contribution < 1.29 is 18.3 Å². The van der Waals surface area contributed by atoms with Crippen LogP contribution in [0.15, 0.2) is 30.3 Å². The summed E-state index contributed by atoms with van der Waals surface area (Å²) in [5.41, 5.74) is 0.591. The van der Waals surface area contributed by atoms with Gasteiger partial charge in [0.1, 0.15) is 0 Å². The fourth-order valence-corrected chi connectivity index (χ4v) is 3.22. The lowest BCUT2D eigenvalue weighted by Gasteiger charge is -2.29. The Morgan fingerprint density at radius 2 is 1.81 bits per heavy atom. The topological polar surface area (TPSA) is 77.9 Å². The Kier molecular flexibility index (Phi) is 6.64. The molecule has 21 heavy (non-hydrogen) atoms. The van der Waals surface area contributed by atoms with Crippen LogP contribution in [0.25, 0.3) is 0 Å². The second kappa shape index (κ2) is 7.99. The molecule has 0 aliphatic carbocycles. The molecule has 1 rings (SSSR count). The van der Waals surface area contributed by atoms with Crippen LogP contribution in [0.4, 0.5) is 5.69 Å². The number of anilines is 1. The van der Waals surface area contributed by atoms with Gasteiger partial charge >= 0.3 is 16.2 Å². The van der Waals surface area contributed by atoms with Crippen molar-refractivity contribution in [2.24, 2.45) is 0 Å². The van der Waals surface area contributed by atoms with E-state index >= 15 is 0 Å². The van der Waals surface area contributed by atoms with Gasteiger partial charge in [-0.05, 0) is 18.6 Å². The van der Waals surface area contributed by atoms with E-state index in [1.807, 2.05) is 13.0 Å². The van der Waals surface area contributed by atoms with Crippen LogP contribution in [-0.2, 0) is 15.0 Å².